The number of aromatic nitrogens is 2. The molecule has 0 aromatic carbocycles. The van der Waals surface area contributed by atoms with E-state index in [1.807, 2.05) is 0 Å². The average molecular weight is 266 g/mol. The summed E-state index contributed by atoms with van der Waals surface area (Å²) in [5.41, 5.74) is 0. The van der Waals surface area contributed by atoms with Crippen molar-refractivity contribution in [1.29, 1.82) is 0 Å². The fourth-order valence-corrected chi connectivity index (χ4v) is 2.06. The van der Waals surface area contributed by atoms with E-state index in [4.69, 9.17) is 0 Å². The maximum atomic E-state index is 11.8. The lowest BCUT2D eigenvalue weighted by atomic mass is 10.1. The van der Waals surface area contributed by atoms with Crippen LogP contribution in [0, 0.1) is 0 Å². The van der Waals surface area contributed by atoms with Crippen LogP contribution in [0.2, 0.25) is 0 Å². The number of amides is 1. The van der Waals surface area contributed by atoms with Crippen LogP contribution in [0.1, 0.15) is 19.3 Å². The minimum absolute atomic E-state index is 0.0382. The van der Waals surface area contributed by atoms with Crippen molar-refractivity contribution < 1.29 is 14.3 Å². The van der Waals surface area contributed by atoms with Crippen LogP contribution in [0.4, 0.5) is 5.82 Å². The Kier molecular flexibility index (Phi) is 4.51. The van der Waals surface area contributed by atoms with Gasteiger partial charge in [-0.2, -0.15) is 5.10 Å². The van der Waals surface area contributed by atoms with E-state index in [2.05, 4.69) is 20.5 Å². The van der Waals surface area contributed by atoms with Gasteiger partial charge in [0.1, 0.15) is 6.54 Å². The summed E-state index contributed by atoms with van der Waals surface area (Å²) in [5, 5.41) is 10.1. The third-order valence-electron chi connectivity index (χ3n) is 3.02. The quantitative estimate of drug-likeness (QED) is 0.740. The topological polar surface area (TPSA) is 85.2 Å². The second kappa shape index (κ2) is 6.33. The van der Waals surface area contributed by atoms with Gasteiger partial charge in [0, 0.05) is 24.7 Å². The summed E-state index contributed by atoms with van der Waals surface area (Å²) in [4.78, 5) is 22.8. The number of nitrogens with zero attached hydrogens (tertiary/aromatic N) is 2. The number of esters is 1. The van der Waals surface area contributed by atoms with Gasteiger partial charge in [-0.1, -0.05) is 0 Å². The molecule has 0 spiro atoms. The second-order valence-corrected chi connectivity index (χ2v) is 4.52. The number of hydrogen-bond acceptors (Lipinski definition) is 5. The molecule has 0 aliphatic carbocycles. The molecule has 2 rings (SSSR count). The number of methoxy groups -OCH3 is 1. The van der Waals surface area contributed by atoms with Crippen LogP contribution in [-0.2, 0) is 20.9 Å². The highest BCUT2D eigenvalue weighted by atomic mass is 16.5. The normalized spacial score (nSPS) is 18.3. The van der Waals surface area contributed by atoms with Gasteiger partial charge in [-0.3, -0.25) is 14.3 Å². The van der Waals surface area contributed by atoms with Crippen molar-refractivity contribution in [3.05, 3.63) is 12.3 Å². The zero-order chi connectivity index (χ0) is 13.7. The van der Waals surface area contributed by atoms with Gasteiger partial charge in [-0.25, -0.2) is 0 Å². The highest BCUT2D eigenvalue weighted by Gasteiger charge is 2.18. The molecule has 1 saturated heterocycles. The number of carbonyl (C=O) groups excluding carboxylic acids is 2. The van der Waals surface area contributed by atoms with Gasteiger partial charge < -0.3 is 15.4 Å². The molecular formula is C12H18N4O3. The molecule has 7 heteroatoms. The summed E-state index contributed by atoms with van der Waals surface area (Å²) in [6, 6.07) is 1.92. The van der Waals surface area contributed by atoms with E-state index in [0.29, 0.717) is 12.2 Å². The number of anilines is 1. The fraction of sp³-hybridized carbons (Fsp3) is 0.583. The monoisotopic (exact) mass is 266 g/mol. The minimum Gasteiger partial charge on any atom is -0.468 e. The van der Waals surface area contributed by atoms with Crippen LogP contribution in [0.25, 0.3) is 0 Å². The Bertz CT molecular complexity index is 452. The van der Waals surface area contributed by atoms with Crippen molar-refractivity contribution in [2.24, 2.45) is 0 Å². The lowest BCUT2D eigenvalue weighted by Gasteiger charge is -2.08. The number of carbonyl (C=O) groups is 2. The average Bonchev–Trinajstić information content (AvgIpc) is 3.01. The van der Waals surface area contributed by atoms with Crippen molar-refractivity contribution in [2.75, 3.05) is 19.0 Å². The van der Waals surface area contributed by atoms with Crippen LogP contribution < -0.4 is 10.6 Å². The molecule has 1 amide bonds. The summed E-state index contributed by atoms with van der Waals surface area (Å²) in [6.45, 7) is 1.02. The Labute approximate surface area is 111 Å². The Morgan fingerprint density at radius 3 is 3.16 bits per heavy atom. The van der Waals surface area contributed by atoms with E-state index < -0.39 is 0 Å². The molecule has 1 atom stereocenters. The zero-order valence-electron chi connectivity index (χ0n) is 10.9. The molecule has 0 bridgehead atoms. The van der Waals surface area contributed by atoms with Crippen molar-refractivity contribution in [3.8, 4) is 0 Å². The van der Waals surface area contributed by atoms with Crippen molar-refractivity contribution >= 4 is 17.7 Å². The Morgan fingerprint density at radius 2 is 2.47 bits per heavy atom. The number of rotatable bonds is 5. The lowest BCUT2D eigenvalue weighted by Crippen LogP contribution is -2.27. The maximum Gasteiger partial charge on any atom is 0.327 e. The van der Waals surface area contributed by atoms with Gasteiger partial charge in [0.15, 0.2) is 5.82 Å². The van der Waals surface area contributed by atoms with Crippen LogP contribution >= 0.6 is 0 Å². The summed E-state index contributed by atoms with van der Waals surface area (Å²) in [5.74, 6) is 0.00532. The molecule has 0 saturated carbocycles. The third kappa shape index (κ3) is 4.06. The van der Waals surface area contributed by atoms with E-state index in [1.165, 1.54) is 11.8 Å². The van der Waals surface area contributed by atoms with E-state index in [1.54, 1.807) is 12.3 Å². The Balaban J connectivity index is 1.81. The minimum atomic E-state index is -0.379. The van der Waals surface area contributed by atoms with Crippen LogP contribution in [0.15, 0.2) is 12.3 Å². The Hall–Kier alpha value is -1.89. The number of hydrogen-bond donors (Lipinski definition) is 2. The lowest BCUT2D eigenvalue weighted by molar-refractivity contribution is -0.141. The molecular weight excluding hydrogens is 248 g/mol. The summed E-state index contributed by atoms with van der Waals surface area (Å²) in [7, 11) is 1.32. The van der Waals surface area contributed by atoms with Gasteiger partial charge >= 0.3 is 5.97 Å². The van der Waals surface area contributed by atoms with Gasteiger partial charge in [-0.05, 0) is 19.4 Å². The van der Waals surface area contributed by atoms with Crippen LogP contribution in [-0.4, -0.2) is 41.4 Å². The van der Waals surface area contributed by atoms with E-state index in [-0.39, 0.29) is 24.5 Å². The first-order valence-electron chi connectivity index (χ1n) is 6.31. The van der Waals surface area contributed by atoms with Crippen LogP contribution in [0.5, 0.6) is 0 Å². The second-order valence-electron chi connectivity index (χ2n) is 4.52. The van der Waals surface area contributed by atoms with Gasteiger partial charge in [0.25, 0.3) is 0 Å². The van der Waals surface area contributed by atoms with Crippen molar-refractivity contribution in [2.45, 2.75) is 31.8 Å². The largest absolute Gasteiger partial charge is 0.468 e. The predicted octanol–water partition coefficient (Wildman–Crippen LogP) is 0.137. The molecule has 1 aliphatic heterocycles. The standard InChI is InChI=1S/C12H18N4O3/c1-19-12(18)8-16-6-4-10(15-16)14-11(17)7-9-3-2-5-13-9/h4,6,9,13H,2-3,5,7-8H2,1H3,(H,14,15,17). The van der Waals surface area contributed by atoms with Crippen molar-refractivity contribution in [1.82, 2.24) is 15.1 Å². The van der Waals surface area contributed by atoms with Gasteiger partial charge in [-0.15, -0.1) is 0 Å². The molecule has 1 unspecified atom stereocenters. The first kappa shape index (κ1) is 13.5. The smallest absolute Gasteiger partial charge is 0.327 e. The first-order valence-corrected chi connectivity index (χ1v) is 6.31. The number of nitrogens with one attached hydrogen (secondary N) is 2. The molecule has 7 nitrogen and oxygen atoms in total. The highest BCUT2D eigenvalue weighted by Crippen LogP contribution is 2.10. The van der Waals surface area contributed by atoms with Gasteiger partial charge in [0.05, 0.1) is 7.11 Å². The van der Waals surface area contributed by atoms with Crippen molar-refractivity contribution in [3.63, 3.8) is 0 Å². The van der Waals surface area contributed by atoms with Gasteiger partial charge in [0.2, 0.25) is 5.91 Å². The van der Waals surface area contributed by atoms with E-state index in [9.17, 15) is 9.59 Å². The van der Waals surface area contributed by atoms with E-state index in [0.717, 1.165) is 19.4 Å². The predicted molar refractivity (Wildman–Crippen MR) is 68.5 cm³/mol. The molecule has 0 radical (unpaired) electrons. The van der Waals surface area contributed by atoms with E-state index >= 15 is 0 Å². The Morgan fingerprint density at radius 1 is 1.63 bits per heavy atom. The summed E-state index contributed by atoms with van der Waals surface area (Å²) in [6.07, 6.45) is 4.22. The summed E-state index contributed by atoms with van der Waals surface area (Å²) >= 11 is 0. The maximum absolute atomic E-state index is 11.8. The molecule has 2 heterocycles. The third-order valence-corrected chi connectivity index (χ3v) is 3.02. The summed E-state index contributed by atoms with van der Waals surface area (Å²) < 4.78 is 5.96. The molecule has 1 aromatic rings. The zero-order valence-corrected chi connectivity index (χ0v) is 10.9. The highest BCUT2D eigenvalue weighted by molar-refractivity contribution is 5.90. The molecule has 19 heavy (non-hydrogen) atoms. The SMILES string of the molecule is COC(=O)Cn1ccc(NC(=O)CC2CCCN2)n1. The molecule has 104 valence electrons. The first-order chi connectivity index (χ1) is 9.17. The van der Waals surface area contributed by atoms with Crippen LogP contribution in [0.3, 0.4) is 0 Å². The molecule has 2 N–H and O–H groups in total. The fourth-order valence-electron chi connectivity index (χ4n) is 2.06. The number of ether oxygens (including phenoxy) is 1. The molecule has 1 aromatic heterocycles. The molecule has 1 fully saturated rings. The molecule has 1 aliphatic rings.